The van der Waals surface area contributed by atoms with Crippen LogP contribution in [0.15, 0.2) is 0 Å². The van der Waals surface area contributed by atoms with Gasteiger partial charge in [0.15, 0.2) is 0 Å². The maximum atomic E-state index is 12.5. The topological polar surface area (TPSA) is 64.1 Å². The van der Waals surface area contributed by atoms with Crippen molar-refractivity contribution in [2.24, 2.45) is 0 Å². The number of carboxylic acid groups (broad SMARTS) is 1. The van der Waals surface area contributed by atoms with Gasteiger partial charge in [-0.1, -0.05) is 0 Å². The zero-order chi connectivity index (χ0) is 16.2. The predicted octanol–water partition coefficient (Wildman–Crippen LogP) is 1.08. The van der Waals surface area contributed by atoms with Gasteiger partial charge in [0.05, 0.1) is 13.1 Å². The van der Waals surface area contributed by atoms with Crippen molar-refractivity contribution in [1.82, 2.24) is 14.7 Å². The Kier molecular flexibility index (Phi) is 5.82. The molecule has 0 aliphatic carbocycles. The van der Waals surface area contributed by atoms with Crippen molar-refractivity contribution in [2.75, 3.05) is 40.3 Å². The molecule has 1 rings (SSSR count). The normalized spacial score (nSPS) is 17.1. The number of halogens is 3. The van der Waals surface area contributed by atoms with Crippen molar-refractivity contribution < 1.29 is 27.9 Å². The van der Waals surface area contributed by atoms with Crippen molar-refractivity contribution in [3.05, 3.63) is 0 Å². The van der Waals surface area contributed by atoms with E-state index in [1.165, 1.54) is 4.90 Å². The maximum absolute atomic E-state index is 12.5. The van der Waals surface area contributed by atoms with E-state index in [0.29, 0.717) is 25.9 Å². The molecule has 0 saturated carbocycles. The summed E-state index contributed by atoms with van der Waals surface area (Å²) in [5.74, 6) is -1.29. The van der Waals surface area contributed by atoms with E-state index in [2.05, 4.69) is 0 Å². The molecule has 6 nitrogen and oxygen atoms in total. The van der Waals surface area contributed by atoms with Crippen molar-refractivity contribution in [3.63, 3.8) is 0 Å². The first kappa shape index (κ1) is 17.5. The van der Waals surface area contributed by atoms with E-state index < -0.39 is 31.3 Å². The van der Waals surface area contributed by atoms with Crippen LogP contribution in [0.5, 0.6) is 0 Å². The molecule has 1 fully saturated rings. The molecule has 0 spiro atoms. The van der Waals surface area contributed by atoms with Gasteiger partial charge in [0.2, 0.25) is 0 Å². The highest BCUT2D eigenvalue weighted by atomic mass is 19.4. The second kappa shape index (κ2) is 6.97. The van der Waals surface area contributed by atoms with Crippen LogP contribution in [0.25, 0.3) is 0 Å². The second-order valence-electron chi connectivity index (χ2n) is 5.31. The number of alkyl halides is 3. The average molecular weight is 311 g/mol. The SMILES string of the molecule is CN(C)C(=O)N1CCC(N(CC(=O)O)CC(F)(F)F)CC1. The van der Waals surface area contributed by atoms with Crippen molar-refractivity contribution in [2.45, 2.75) is 25.1 Å². The number of urea groups is 1. The fraction of sp³-hybridized carbons (Fsp3) is 0.833. The van der Waals surface area contributed by atoms with Gasteiger partial charge < -0.3 is 14.9 Å². The zero-order valence-corrected chi connectivity index (χ0v) is 12.1. The van der Waals surface area contributed by atoms with Crippen molar-refractivity contribution >= 4 is 12.0 Å². The summed E-state index contributed by atoms with van der Waals surface area (Å²) in [5.41, 5.74) is 0. The van der Waals surface area contributed by atoms with Gasteiger partial charge in [0.1, 0.15) is 0 Å². The van der Waals surface area contributed by atoms with Gasteiger partial charge in [-0.25, -0.2) is 4.79 Å². The number of hydrogen-bond donors (Lipinski definition) is 1. The number of aliphatic carboxylic acids is 1. The number of carbonyl (C=O) groups excluding carboxylic acids is 1. The molecule has 0 atom stereocenters. The summed E-state index contributed by atoms with van der Waals surface area (Å²) in [6.45, 7) is -1.23. The zero-order valence-electron chi connectivity index (χ0n) is 12.1. The number of likely N-dealkylation sites (tertiary alicyclic amines) is 1. The Morgan fingerprint density at radius 3 is 2.14 bits per heavy atom. The molecule has 1 heterocycles. The first-order valence-corrected chi connectivity index (χ1v) is 6.59. The van der Waals surface area contributed by atoms with Gasteiger partial charge in [-0.05, 0) is 12.8 Å². The van der Waals surface area contributed by atoms with Gasteiger partial charge in [-0.2, -0.15) is 13.2 Å². The highest BCUT2D eigenvalue weighted by molar-refractivity contribution is 5.73. The largest absolute Gasteiger partial charge is 0.480 e. The second-order valence-corrected chi connectivity index (χ2v) is 5.31. The molecule has 0 unspecified atom stereocenters. The number of piperidine rings is 1. The van der Waals surface area contributed by atoms with Gasteiger partial charge in [-0.3, -0.25) is 9.69 Å². The van der Waals surface area contributed by atoms with Crippen LogP contribution in [-0.4, -0.2) is 84.3 Å². The van der Waals surface area contributed by atoms with E-state index in [1.807, 2.05) is 0 Å². The highest BCUT2D eigenvalue weighted by Gasteiger charge is 2.36. The lowest BCUT2D eigenvalue weighted by molar-refractivity contribution is -0.159. The lowest BCUT2D eigenvalue weighted by Gasteiger charge is -2.38. The molecule has 21 heavy (non-hydrogen) atoms. The molecule has 1 saturated heterocycles. The minimum absolute atomic E-state index is 0.186. The summed E-state index contributed by atoms with van der Waals surface area (Å²) in [6, 6.07) is -0.664. The summed E-state index contributed by atoms with van der Waals surface area (Å²) in [7, 11) is 3.21. The maximum Gasteiger partial charge on any atom is 0.401 e. The van der Waals surface area contributed by atoms with Crippen LogP contribution in [-0.2, 0) is 4.79 Å². The molecule has 122 valence electrons. The molecule has 1 aliphatic rings. The Balaban J connectivity index is 2.62. The molecular weight excluding hydrogens is 291 g/mol. The number of rotatable bonds is 4. The fourth-order valence-electron chi connectivity index (χ4n) is 2.42. The summed E-state index contributed by atoms with van der Waals surface area (Å²) < 4.78 is 37.5. The van der Waals surface area contributed by atoms with Crippen molar-refractivity contribution in [1.29, 1.82) is 0 Å². The summed E-state index contributed by atoms with van der Waals surface area (Å²) in [5, 5.41) is 8.74. The fourth-order valence-corrected chi connectivity index (χ4v) is 2.42. The quantitative estimate of drug-likeness (QED) is 0.844. The summed E-state index contributed by atoms with van der Waals surface area (Å²) in [4.78, 5) is 26.4. The van der Waals surface area contributed by atoms with Crippen LogP contribution < -0.4 is 0 Å². The van der Waals surface area contributed by atoms with Crippen LogP contribution in [0.3, 0.4) is 0 Å². The monoisotopic (exact) mass is 311 g/mol. The molecule has 1 N–H and O–H groups in total. The van der Waals surface area contributed by atoms with Gasteiger partial charge in [0.25, 0.3) is 0 Å². The number of amides is 2. The standard InChI is InChI=1S/C12H20F3N3O3/c1-16(2)11(21)17-5-3-9(4-6-17)18(7-10(19)20)8-12(13,14)15/h9H,3-8H2,1-2H3,(H,19,20). The van der Waals surface area contributed by atoms with Gasteiger partial charge in [0, 0.05) is 33.2 Å². The third-order valence-corrected chi connectivity index (χ3v) is 3.35. The number of carboxylic acids is 1. The Bertz CT molecular complexity index is 380. The lowest BCUT2D eigenvalue weighted by Crippen LogP contribution is -2.52. The molecule has 0 radical (unpaired) electrons. The van der Waals surface area contributed by atoms with Crippen LogP contribution in [0.4, 0.5) is 18.0 Å². The highest BCUT2D eigenvalue weighted by Crippen LogP contribution is 2.23. The molecule has 2 amide bonds. The predicted molar refractivity (Wildman–Crippen MR) is 68.9 cm³/mol. The van der Waals surface area contributed by atoms with E-state index in [-0.39, 0.29) is 6.03 Å². The summed E-state index contributed by atoms with van der Waals surface area (Å²) >= 11 is 0. The van der Waals surface area contributed by atoms with E-state index >= 15 is 0 Å². The first-order valence-electron chi connectivity index (χ1n) is 6.59. The Morgan fingerprint density at radius 1 is 1.24 bits per heavy atom. The van der Waals surface area contributed by atoms with E-state index in [1.54, 1.807) is 19.0 Å². The number of hydrogen-bond acceptors (Lipinski definition) is 3. The Hall–Kier alpha value is -1.51. The van der Waals surface area contributed by atoms with Crippen LogP contribution >= 0.6 is 0 Å². The molecular formula is C12H20F3N3O3. The first-order chi connectivity index (χ1) is 9.60. The smallest absolute Gasteiger partial charge is 0.401 e. The molecule has 0 aromatic rings. The third-order valence-electron chi connectivity index (χ3n) is 3.35. The van der Waals surface area contributed by atoms with Crippen LogP contribution in [0.2, 0.25) is 0 Å². The van der Waals surface area contributed by atoms with Gasteiger partial charge >= 0.3 is 18.2 Å². The molecule has 1 aliphatic heterocycles. The lowest BCUT2D eigenvalue weighted by atomic mass is 10.0. The molecule has 0 aromatic carbocycles. The van der Waals surface area contributed by atoms with Crippen LogP contribution in [0, 0.1) is 0 Å². The Morgan fingerprint density at radius 2 is 1.76 bits per heavy atom. The molecule has 9 heteroatoms. The Labute approximate surface area is 121 Å². The van der Waals surface area contributed by atoms with Gasteiger partial charge in [-0.15, -0.1) is 0 Å². The minimum atomic E-state index is -4.44. The third kappa shape index (κ3) is 5.78. The van der Waals surface area contributed by atoms with Crippen LogP contribution in [0.1, 0.15) is 12.8 Å². The molecule has 0 bridgehead atoms. The average Bonchev–Trinajstić information content (AvgIpc) is 2.35. The van der Waals surface area contributed by atoms with E-state index in [9.17, 15) is 22.8 Å². The minimum Gasteiger partial charge on any atom is -0.480 e. The van der Waals surface area contributed by atoms with E-state index in [0.717, 1.165) is 4.90 Å². The number of nitrogens with zero attached hydrogens (tertiary/aromatic N) is 3. The molecule has 0 aromatic heterocycles. The van der Waals surface area contributed by atoms with E-state index in [4.69, 9.17) is 5.11 Å². The van der Waals surface area contributed by atoms with Crippen molar-refractivity contribution in [3.8, 4) is 0 Å². The number of carbonyl (C=O) groups is 2. The summed E-state index contributed by atoms with van der Waals surface area (Å²) in [6.07, 6.45) is -3.77.